The highest BCUT2D eigenvalue weighted by Gasteiger charge is 2.31. The molecular weight excluding hydrogens is 346 g/mol. The molecule has 1 aliphatic rings. The van der Waals surface area contributed by atoms with E-state index in [0.717, 1.165) is 12.8 Å². The largest absolute Gasteiger partial charge is 0.480 e. The summed E-state index contributed by atoms with van der Waals surface area (Å²) in [6.07, 6.45) is 2.18. The van der Waals surface area contributed by atoms with E-state index in [-0.39, 0.29) is 24.9 Å². The Labute approximate surface area is 151 Å². The number of nitrogens with zero attached hydrogens (tertiary/aromatic N) is 2. The molecule has 1 fully saturated rings. The second-order valence-corrected chi connectivity index (χ2v) is 6.58. The number of anilines is 1. The van der Waals surface area contributed by atoms with Crippen molar-refractivity contribution in [1.29, 1.82) is 0 Å². The monoisotopic (exact) mass is 367 g/mol. The van der Waals surface area contributed by atoms with Crippen LogP contribution in [0.25, 0.3) is 0 Å². The highest BCUT2D eigenvalue weighted by atomic mass is 35.5. The van der Waals surface area contributed by atoms with Gasteiger partial charge in [-0.05, 0) is 44.5 Å². The van der Waals surface area contributed by atoms with Gasteiger partial charge in [-0.2, -0.15) is 0 Å². The summed E-state index contributed by atoms with van der Waals surface area (Å²) in [7, 11) is 1.70. The Morgan fingerprint density at radius 3 is 2.84 bits per heavy atom. The van der Waals surface area contributed by atoms with Crippen molar-refractivity contribution in [3.05, 3.63) is 29.3 Å². The highest BCUT2D eigenvalue weighted by Crippen LogP contribution is 2.17. The van der Waals surface area contributed by atoms with Crippen molar-refractivity contribution in [2.75, 3.05) is 32.0 Å². The summed E-state index contributed by atoms with van der Waals surface area (Å²) in [6, 6.07) is 6.33. The first-order valence-electron chi connectivity index (χ1n) is 8.13. The van der Waals surface area contributed by atoms with Crippen molar-refractivity contribution in [3.63, 3.8) is 0 Å². The van der Waals surface area contributed by atoms with Crippen LogP contribution in [0.1, 0.15) is 19.3 Å². The number of carbonyl (C=O) groups excluding carboxylic acids is 2. The number of likely N-dealkylation sites (tertiary alicyclic amines) is 1. The van der Waals surface area contributed by atoms with Crippen LogP contribution in [0.2, 0.25) is 5.02 Å². The van der Waals surface area contributed by atoms with Crippen LogP contribution in [0, 0.1) is 0 Å². The Morgan fingerprint density at radius 1 is 1.40 bits per heavy atom. The van der Waals surface area contributed by atoms with Gasteiger partial charge in [0.15, 0.2) is 0 Å². The van der Waals surface area contributed by atoms with Gasteiger partial charge in [0.25, 0.3) is 0 Å². The van der Waals surface area contributed by atoms with Gasteiger partial charge in [0.05, 0.1) is 12.6 Å². The summed E-state index contributed by atoms with van der Waals surface area (Å²) in [6.45, 7) is 0.159. The zero-order valence-corrected chi connectivity index (χ0v) is 14.8. The molecule has 136 valence electrons. The van der Waals surface area contributed by atoms with Gasteiger partial charge < -0.3 is 15.3 Å². The third kappa shape index (κ3) is 5.72. The first-order valence-corrected chi connectivity index (χ1v) is 8.51. The number of rotatable bonds is 6. The lowest BCUT2D eigenvalue weighted by Gasteiger charge is -2.29. The second-order valence-electron chi connectivity index (χ2n) is 6.14. The van der Waals surface area contributed by atoms with Gasteiger partial charge in [-0.1, -0.05) is 17.7 Å². The highest BCUT2D eigenvalue weighted by molar-refractivity contribution is 6.30. The van der Waals surface area contributed by atoms with E-state index in [0.29, 0.717) is 23.7 Å². The molecule has 25 heavy (non-hydrogen) atoms. The van der Waals surface area contributed by atoms with E-state index in [1.807, 2.05) is 0 Å². The quantitative estimate of drug-likeness (QED) is 0.798. The lowest BCUT2D eigenvalue weighted by Crippen LogP contribution is -2.49. The van der Waals surface area contributed by atoms with Crippen molar-refractivity contribution in [1.82, 2.24) is 9.80 Å². The molecular formula is C17H22ClN3O4. The van der Waals surface area contributed by atoms with Crippen molar-refractivity contribution in [2.45, 2.75) is 25.3 Å². The van der Waals surface area contributed by atoms with Gasteiger partial charge in [-0.25, -0.2) is 0 Å². The number of nitrogens with one attached hydrogen (secondary N) is 1. The number of amides is 2. The third-order valence-electron chi connectivity index (χ3n) is 4.11. The van der Waals surface area contributed by atoms with Crippen molar-refractivity contribution < 1.29 is 19.5 Å². The summed E-state index contributed by atoms with van der Waals surface area (Å²) in [4.78, 5) is 38.7. The van der Waals surface area contributed by atoms with Crippen LogP contribution in [-0.4, -0.2) is 65.4 Å². The minimum absolute atomic E-state index is 0.0316. The Hall–Kier alpha value is -2.12. The van der Waals surface area contributed by atoms with E-state index in [1.165, 1.54) is 4.90 Å². The summed E-state index contributed by atoms with van der Waals surface area (Å²) >= 11 is 5.89. The number of carbonyl (C=O) groups is 3. The second kappa shape index (κ2) is 8.82. The van der Waals surface area contributed by atoms with E-state index in [2.05, 4.69) is 5.32 Å². The summed E-state index contributed by atoms with van der Waals surface area (Å²) in [5.74, 6) is -1.53. The lowest BCUT2D eigenvalue weighted by atomic mass is 10.1. The molecule has 0 aliphatic carbocycles. The normalized spacial score (nSPS) is 18.1. The molecule has 0 aromatic heterocycles. The molecule has 2 N–H and O–H groups in total. The van der Waals surface area contributed by atoms with Gasteiger partial charge in [0.2, 0.25) is 11.8 Å². The first-order chi connectivity index (χ1) is 11.9. The van der Waals surface area contributed by atoms with Crippen LogP contribution in [0.15, 0.2) is 24.3 Å². The fraction of sp³-hybridized carbons (Fsp3) is 0.471. The molecule has 8 heteroatoms. The minimum atomic E-state index is -1.03. The van der Waals surface area contributed by atoms with E-state index >= 15 is 0 Å². The minimum Gasteiger partial charge on any atom is -0.480 e. The number of halogens is 1. The summed E-state index contributed by atoms with van der Waals surface area (Å²) in [5, 5.41) is 12.2. The fourth-order valence-corrected chi connectivity index (χ4v) is 3.11. The Kier molecular flexibility index (Phi) is 6.78. The molecule has 2 rings (SSSR count). The van der Waals surface area contributed by atoms with Crippen LogP contribution in [0.3, 0.4) is 0 Å². The standard InChI is InChI=1S/C17H22ClN3O4/c1-20(10-15(22)19-13-6-4-5-12(18)9-13)14-7-2-3-8-21(17(14)25)11-16(23)24/h4-6,9,14H,2-3,7-8,10-11H2,1H3,(H,19,22)(H,23,24). The van der Waals surface area contributed by atoms with Crippen LogP contribution >= 0.6 is 11.6 Å². The molecule has 2 amide bonds. The van der Waals surface area contributed by atoms with E-state index in [1.54, 1.807) is 36.2 Å². The predicted molar refractivity (Wildman–Crippen MR) is 94.6 cm³/mol. The Balaban J connectivity index is 1.97. The molecule has 0 bridgehead atoms. The number of benzene rings is 1. The summed E-state index contributed by atoms with van der Waals surface area (Å²) < 4.78 is 0. The maximum atomic E-state index is 12.6. The molecule has 0 spiro atoms. The average molecular weight is 368 g/mol. The van der Waals surface area contributed by atoms with Gasteiger partial charge >= 0.3 is 5.97 Å². The molecule has 1 unspecified atom stereocenters. The van der Waals surface area contributed by atoms with Gasteiger partial charge in [0, 0.05) is 17.3 Å². The smallest absolute Gasteiger partial charge is 0.323 e. The predicted octanol–water partition coefficient (Wildman–Crippen LogP) is 1.68. The SMILES string of the molecule is CN(CC(=O)Nc1cccc(Cl)c1)C1CCCCN(CC(=O)O)C1=O. The lowest BCUT2D eigenvalue weighted by molar-refractivity contribution is -0.146. The number of carboxylic acid groups (broad SMARTS) is 1. The molecule has 1 heterocycles. The molecule has 1 aliphatic heterocycles. The van der Waals surface area contributed by atoms with Gasteiger partial charge in [-0.3, -0.25) is 19.3 Å². The molecule has 1 saturated heterocycles. The van der Waals surface area contributed by atoms with Crippen LogP contribution in [0.5, 0.6) is 0 Å². The van der Waals surface area contributed by atoms with Gasteiger partial charge in [-0.15, -0.1) is 0 Å². The molecule has 1 aromatic rings. The van der Waals surface area contributed by atoms with Crippen LogP contribution in [-0.2, 0) is 14.4 Å². The van der Waals surface area contributed by atoms with E-state index in [9.17, 15) is 14.4 Å². The molecule has 1 atom stereocenters. The van der Waals surface area contributed by atoms with Crippen molar-refractivity contribution >= 4 is 35.1 Å². The Morgan fingerprint density at radius 2 is 2.16 bits per heavy atom. The maximum absolute atomic E-state index is 12.6. The molecule has 0 saturated carbocycles. The number of carboxylic acids is 1. The first kappa shape index (κ1) is 19.2. The maximum Gasteiger partial charge on any atom is 0.323 e. The fourth-order valence-electron chi connectivity index (χ4n) is 2.92. The van der Waals surface area contributed by atoms with E-state index in [4.69, 9.17) is 16.7 Å². The third-order valence-corrected chi connectivity index (χ3v) is 4.35. The van der Waals surface area contributed by atoms with Gasteiger partial charge in [0.1, 0.15) is 6.54 Å². The average Bonchev–Trinajstić information content (AvgIpc) is 2.69. The number of hydrogen-bond acceptors (Lipinski definition) is 4. The van der Waals surface area contributed by atoms with Crippen LogP contribution < -0.4 is 5.32 Å². The molecule has 1 aromatic carbocycles. The number of hydrogen-bond donors (Lipinski definition) is 2. The number of likely N-dealkylation sites (N-methyl/N-ethyl adjacent to an activating group) is 1. The van der Waals surface area contributed by atoms with Crippen molar-refractivity contribution in [3.8, 4) is 0 Å². The zero-order valence-electron chi connectivity index (χ0n) is 14.1. The zero-order chi connectivity index (χ0) is 18.4. The molecule has 7 nitrogen and oxygen atoms in total. The summed E-state index contributed by atoms with van der Waals surface area (Å²) in [5.41, 5.74) is 0.589. The van der Waals surface area contributed by atoms with E-state index < -0.39 is 12.0 Å². The topological polar surface area (TPSA) is 90.0 Å². The number of aliphatic carboxylic acids is 1. The molecule has 0 radical (unpaired) electrons. The van der Waals surface area contributed by atoms with Crippen molar-refractivity contribution in [2.24, 2.45) is 0 Å². The van der Waals surface area contributed by atoms with Crippen LogP contribution in [0.4, 0.5) is 5.69 Å². The Bertz CT molecular complexity index is 653.